The molecule has 5 nitrogen and oxygen atoms in total. The summed E-state index contributed by atoms with van der Waals surface area (Å²) in [4.78, 5) is 12.2. The van der Waals surface area contributed by atoms with Gasteiger partial charge in [-0.3, -0.25) is 4.79 Å². The fourth-order valence-corrected chi connectivity index (χ4v) is 3.47. The zero-order valence-electron chi connectivity index (χ0n) is 12.8. The molecule has 1 aliphatic carbocycles. The highest BCUT2D eigenvalue weighted by Gasteiger charge is 2.23. The molecule has 2 aromatic rings. The Morgan fingerprint density at radius 2 is 2.17 bits per heavy atom. The van der Waals surface area contributed by atoms with Gasteiger partial charge in [0.25, 0.3) is 5.22 Å². The van der Waals surface area contributed by atoms with Gasteiger partial charge in [-0.05, 0) is 38.0 Å². The van der Waals surface area contributed by atoms with Gasteiger partial charge in [-0.2, -0.15) is 0 Å². The van der Waals surface area contributed by atoms with E-state index in [2.05, 4.69) is 15.5 Å². The zero-order chi connectivity index (χ0) is 16.2. The number of benzene rings is 1. The van der Waals surface area contributed by atoms with Crippen molar-refractivity contribution in [3.8, 4) is 11.5 Å². The number of aromatic nitrogens is 2. The lowest BCUT2D eigenvalue weighted by atomic mass is 10.2. The third-order valence-electron chi connectivity index (χ3n) is 3.83. The van der Waals surface area contributed by atoms with Crippen LogP contribution in [0.3, 0.4) is 0 Å². The topological polar surface area (TPSA) is 68.0 Å². The van der Waals surface area contributed by atoms with Crippen molar-refractivity contribution < 1.29 is 9.21 Å². The van der Waals surface area contributed by atoms with Gasteiger partial charge in [-0.15, -0.1) is 10.2 Å². The van der Waals surface area contributed by atoms with Gasteiger partial charge in [-0.1, -0.05) is 42.3 Å². The van der Waals surface area contributed by atoms with E-state index >= 15 is 0 Å². The molecule has 0 unspecified atom stereocenters. The Kier molecular flexibility index (Phi) is 5.23. The number of hydrogen-bond donors (Lipinski definition) is 1. The van der Waals surface area contributed by atoms with Crippen LogP contribution in [0.4, 0.5) is 0 Å². The summed E-state index contributed by atoms with van der Waals surface area (Å²) in [5, 5.41) is 11.8. The summed E-state index contributed by atoms with van der Waals surface area (Å²) in [6, 6.07) is 7.54. The molecule has 1 amide bonds. The predicted octanol–water partition coefficient (Wildman–Crippen LogP) is 3.93. The number of nitrogens with zero attached hydrogens (tertiary/aromatic N) is 2. The van der Waals surface area contributed by atoms with E-state index in [1.165, 1.54) is 24.6 Å². The summed E-state index contributed by atoms with van der Waals surface area (Å²) in [5.41, 5.74) is 0.764. The van der Waals surface area contributed by atoms with Crippen molar-refractivity contribution in [3.63, 3.8) is 0 Å². The van der Waals surface area contributed by atoms with Crippen molar-refractivity contribution >= 4 is 29.3 Å². The quantitative estimate of drug-likeness (QED) is 0.826. The van der Waals surface area contributed by atoms with Crippen LogP contribution >= 0.6 is 23.4 Å². The maximum atomic E-state index is 12.2. The van der Waals surface area contributed by atoms with Crippen LogP contribution in [0.15, 0.2) is 33.9 Å². The number of rotatable bonds is 5. The molecule has 0 aliphatic heterocycles. The van der Waals surface area contributed by atoms with Gasteiger partial charge < -0.3 is 9.73 Å². The molecule has 23 heavy (non-hydrogen) atoms. The molecule has 1 fully saturated rings. The molecule has 1 N–H and O–H groups in total. The molecule has 1 saturated carbocycles. The number of carbonyl (C=O) groups excluding carboxylic acids is 1. The lowest BCUT2D eigenvalue weighted by Crippen LogP contribution is -2.37. The van der Waals surface area contributed by atoms with Crippen LogP contribution in [0, 0.1) is 0 Å². The first-order chi connectivity index (χ1) is 11.1. The standard InChI is InChI=1S/C16H18ClN3O2S/c1-10(14(21)18-13-7-2-3-8-13)23-16-20-19-15(22-16)11-5-4-6-12(17)9-11/h4-6,9-10,13H,2-3,7-8H2,1H3,(H,18,21)/t10-/m1/s1. The molecule has 7 heteroatoms. The maximum absolute atomic E-state index is 12.2. The number of amides is 1. The van der Waals surface area contributed by atoms with Crippen LogP contribution in [-0.4, -0.2) is 27.4 Å². The molecule has 1 heterocycles. The molecule has 0 spiro atoms. The minimum absolute atomic E-state index is 0.0180. The molecule has 0 saturated heterocycles. The smallest absolute Gasteiger partial charge is 0.277 e. The van der Waals surface area contributed by atoms with E-state index in [-0.39, 0.29) is 11.2 Å². The first-order valence-electron chi connectivity index (χ1n) is 7.68. The van der Waals surface area contributed by atoms with E-state index in [0.29, 0.717) is 22.2 Å². The number of thioether (sulfide) groups is 1. The van der Waals surface area contributed by atoms with Crippen LogP contribution in [0.5, 0.6) is 0 Å². The van der Waals surface area contributed by atoms with Gasteiger partial charge in [0.15, 0.2) is 0 Å². The van der Waals surface area contributed by atoms with Crippen LogP contribution in [-0.2, 0) is 4.79 Å². The summed E-state index contributed by atoms with van der Waals surface area (Å²) in [6.07, 6.45) is 4.53. The molecule has 0 radical (unpaired) electrons. The lowest BCUT2D eigenvalue weighted by molar-refractivity contribution is -0.120. The Balaban J connectivity index is 1.60. The first-order valence-corrected chi connectivity index (χ1v) is 8.94. The maximum Gasteiger partial charge on any atom is 0.277 e. The van der Waals surface area contributed by atoms with Crippen molar-refractivity contribution in [3.05, 3.63) is 29.3 Å². The zero-order valence-corrected chi connectivity index (χ0v) is 14.4. The van der Waals surface area contributed by atoms with Gasteiger partial charge in [0, 0.05) is 16.6 Å². The summed E-state index contributed by atoms with van der Waals surface area (Å²) in [5.74, 6) is 0.419. The van der Waals surface area contributed by atoms with Gasteiger partial charge in [0.2, 0.25) is 11.8 Å². The van der Waals surface area contributed by atoms with Crippen molar-refractivity contribution in [1.29, 1.82) is 0 Å². The third-order valence-corrected chi connectivity index (χ3v) is 5.00. The molecule has 3 rings (SSSR count). The van der Waals surface area contributed by atoms with Crippen molar-refractivity contribution in [2.24, 2.45) is 0 Å². The Labute approximate surface area is 144 Å². The fourth-order valence-electron chi connectivity index (χ4n) is 2.59. The normalized spacial score (nSPS) is 16.4. The summed E-state index contributed by atoms with van der Waals surface area (Å²) in [7, 11) is 0. The summed E-state index contributed by atoms with van der Waals surface area (Å²) >= 11 is 7.23. The SMILES string of the molecule is C[C@@H](Sc1nnc(-c2cccc(Cl)c2)o1)C(=O)NC1CCCC1. The third kappa shape index (κ3) is 4.26. The van der Waals surface area contributed by atoms with Gasteiger partial charge in [0.05, 0.1) is 5.25 Å². The van der Waals surface area contributed by atoms with E-state index in [9.17, 15) is 4.79 Å². The monoisotopic (exact) mass is 351 g/mol. The Hall–Kier alpha value is -1.53. The van der Waals surface area contributed by atoms with Gasteiger partial charge in [-0.25, -0.2) is 0 Å². The van der Waals surface area contributed by atoms with Gasteiger partial charge in [0.1, 0.15) is 0 Å². The van der Waals surface area contributed by atoms with Crippen molar-refractivity contribution in [2.75, 3.05) is 0 Å². The van der Waals surface area contributed by atoms with E-state index in [1.54, 1.807) is 12.1 Å². The molecule has 122 valence electrons. The average Bonchev–Trinajstić information content (AvgIpc) is 3.19. The lowest BCUT2D eigenvalue weighted by Gasteiger charge is -2.14. The molecule has 1 atom stereocenters. The Morgan fingerprint density at radius 1 is 1.39 bits per heavy atom. The predicted molar refractivity (Wildman–Crippen MR) is 90.5 cm³/mol. The van der Waals surface area contributed by atoms with Crippen LogP contribution in [0.1, 0.15) is 32.6 Å². The average molecular weight is 352 g/mol. The molecular formula is C16H18ClN3O2S. The second kappa shape index (κ2) is 7.36. The summed E-state index contributed by atoms with van der Waals surface area (Å²) in [6.45, 7) is 1.85. The first kappa shape index (κ1) is 16.3. The number of hydrogen-bond acceptors (Lipinski definition) is 5. The highest BCUT2D eigenvalue weighted by atomic mass is 35.5. The molecule has 1 aromatic carbocycles. The number of halogens is 1. The van der Waals surface area contributed by atoms with Gasteiger partial charge >= 0.3 is 0 Å². The van der Waals surface area contributed by atoms with Crippen molar-refractivity contribution in [1.82, 2.24) is 15.5 Å². The van der Waals surface area contributed by atoms with E-state index in [0.717, 1.165) is 18.4 Å². The minimum Gasteiger partial charge on any atom is -0.411 e. The van der Waals surface area contributed by atoms with Crippen LogP contribution in [0.25, 0.3) is 11.5 Å². The van der Waals surface area contributed by atoms with Crippen molar-refractivity contribution in [2.45, 2.75) is 49.1 Å². The second-order valence-corrected chi connectivity index (χ2v) is 7.36. The van der Waals surface area contributed by atoms with Crippen LogP contribution in [0.2, 0.25) is 5.02 Å². The van der Waals surface area contributed by atoms with E-state index in [4.69, 9.17) is 16.0 Å². The van der Waals surface area contributed by atoms with E-state index < -0.39 is 0 Å². The molecule has 1 aliphatic rings. The molecule has 1 aromatic heterocycles. The number of nitrogens with one attached hydrogen (secondary N) is 1. The number of carbonyl (C=O) groups is 1. The Morgan fingerprint density at radius 3 is 2.91 bits per heavy atom. The summed E-state index contributed by atoms with van der Waals surface area (Å²) < 4.78 is 5.62. The van der Waals surface area contributed by atoms with Crippen LogP contribution < -0.4 is 5.32 Å². The fraction of sp³-hybridized carbons (Fsp3) is 0.438. The van der Waals surface area contributed by atoms with E-state index in [1.807, 2.05) is 19.1 Å². The highest BCUT2D eigenvalue weighted by molar-refractivity contribution is 8.00. The molecule has 0 bridgehead atoms. The largest absolute Gasteiger partial charge is 0.411 e. The highest BCUT2D eigenvalue weighted by Crippen LogP contribution is 2.27. The minimum atomic E-state index is -0.275. The second-order valence-electron chi connectivity index (χ2n) is 5.63. The Bertz CT molecular complexity index is 685. The molecular weight excluding hydrogens is 334 g/mol.